The van der Waals surface area contributed by atoms with Gasteiger partial charge < -0.3 is 9.47 Å². The Hall–Kier alpha value is -1.50. The van der Waals surface area contributed by atoms with E-state index in [1.807, 2.05) is 6.92 Å². The van der Waals surface area contributed by atoms with Crippen LogP contribution in [-0.4, -0.2) is 24.6 Å². The normalized spacial score (nSPS) is 11.6. The Morgan fingerprint density at radius 3 is 2.11 bits per heavy atom. The van der Waals surface area contributed by atoms with Gasteiger partial charge >= 0.3 is 11.9 Å². The summed E-state index contributed by atoms with van der Waals surface area (Å²) in [5.74, 6) is 5.88. The number of hydrogen-bond acceptors (Lipinski definition) is 4. The summed E-state index contributed by atoms with van der Waals surface area (Å²) in [6.45, 7) is 8.83. The number of ether oxygens (including phenoxy) is 2. The molecule has 0 saturated carbocycles. The van der Waals surface area contributed by atoms with E-state index in [-0.39, 0.29) is 30.9 Å². The quantitative estimate of drug-likeness (QED) is 0.204. The standard InChI is InChI=1S/C23H40O4/c1-5-7-9-10-11-12-13-18-26-22(24)16-14-17-23(25)27-21(15-8-6-2)19-20(3)4/h20-21H,5-7,9-14,16-19H2,1-4H3. The molecule has 1 unspecified atom stereocenters. The molecule has 0 radical (unpaired) electrons. The highest BCUT2D eigenvalue weighted by Crippen LogP contribution is 2.11. The number of hydrogen-bond donors (Lipinski definition) is 0. The van der Waals surface area contributed by atoms with Gasteiger partial charge in [0.15, 0.2) is 6.10 Å². The molecule has 1 atom stereocenters. The summed E-state index contributed by atoms with van der Waals surface area (Å²) >= 11 is 0. The first-order chi connectivity index (χ1) is 13.0. The SMILES string of the molecule is CCC#CC(CC(C)C)OC(=O)CCCC(=O)OCCCCCCCCC. The van der Waals surface area contributed by atoms with Crippen molar-refractivity contribution in [2.24, 2.45) is 5.92 Å². The molecule has 0 aromatic carbocycles. The molecule has 4 nitrogen and oxygen atoms in total. The zero-order chi connectivity index (χ0) is 20.3. The maximum atomic E-state index is 11.9. The van der Waals surface area contributed by atoms with E-state index in [0.29, 0.717) is 18.9 Å². The lowest BCUT2D eigenvalue weighted by Crippen LogP contribution is -2.19. The van der Waals surface area contributed by atoms with Gasteiger partial charge in [-0.25, -0.2) is 0 Å². The number of carbonyl (C=O) groups excluding carboxylic acids is 2. The first kappa shape index (κ1) is 25.5. The molecule has 0 aromatic rings. The molecule has 0 amide bonds. The molecule has 4 heteroatoms. The van der Waals surface area contributed by atoms with E-state index in [9.17, 15) is 9.59 Å². The molecule has 0 rings (SSSR count). The first-order valence-corrected chi connectivity index (χ1v) is 10.8. The monoisotopic (exact) mass is 380 g/mol. The van der Waals surface area contributed by atoms with Gasteiger partial charge in [-0.15, -0.1) is 0 Å². The van der Waals surface area contributed by atoms with Gasteiger partial charge in [0.2, 0.25) is 0 Å². The summed E-state index contributed by atoms with van der Waals surface area (Å²) < 4.78 is 10.7. The van der Waals surface area contributed by atoms with E-state index < -0.39 is 0 Å². The van der Waals surface area contributed by atoms with Crippen LogP contribution in [0.2, 0.25) is 0 Å². The molecule has 0 aliphatic heterocycles. The third-order valence-electron chi connectivity index (χ3n) is 4.17. The minimum atomic E-state index is -0.346. The van der Waals surface area contributed by atoms with Crippen molar-refractivity contribution in [1.29, 1.82) is 0 Å². The molecular formula is C23H40O4. The third kappa shape index (κ3) is 17.7. The largest absolute Gasteiger partial charge is 0.466 e. The van der Waals surface area contributed by atoms with Gasteiger partial charge in [-0.3, -0.25) is 9.59 Å². The van der Waals surface area contributed by atoms with Gasteiger partial charge in [-0.05, 0) is 25.2 Å². The van der Waals surface area contributed by atoms with Crippen LogP contribution in [0, 0.1) is 17.8 Å². The molecule has 0 aliphatic rings. The molecule has 27 heavy (non-hydrogen) atoms. The first-order valence-electron chi connectivity index (χ1n) is 10.8. The molecule has 0 spiro atoms. The van der Waals surface area contributed by atoms with E-state index >= 15 is 0 Å². The fraction of sp³-hybridized carbons (Fsp3) is 0.826. The fourth-order valence-electron chi connectivity index (χ4n) is 2.69. The van der Waals surface area contributed by atoms with Gasteiger partial charge in [0, 0.05) is 19.3 Å². The minimum Gasteiger partial charge on any atom is -0.466 e. The second-order valence-corrected chi connectivity index (χ2v) is 7.48. The Bertz CT molecular complexity index is 445. The number of esters is 2. The van der Waals surface area contributed by atoms with Crippen LogP contribution in [0.25, 0.3) is 0 Å². The zero-order valence-corrected chi connectivity index (χ0v) is 18.0. The van der Waals surface area contributed by atoms with E-state index in [4.69, 9.17) is 9.47 Å². The smallest absolute Gasteiger partial charge is 0.307 e. The molecule has 156 valence electrons. The summed E-state index contributed by atoms with van der Waals surface area (Å²) in [6, 6.07) is 0. The van der Waals surface area contributed by atoms with Crippen molar-refractivity contribution >= 4 is 11.9 Å². The highest BCUT2D eigenvalue weighted by molar-refractivity contribution is 5.72. The van der Waals surface area contributed by atoms with Crippen molar-refractivity contribution in [3.05, 3.63) is 0 Å². The van der Waals surface area contributed by atoms with Crippen molar-refractivity contribution in [3.63, 3.8) is 0 Å². The average molecular weight is 381 g/mol. The zero-order valence-electron chi connectivity index (χ0n) is 18.0. The van der Waals surface area contributed by atoms with Crippen LogP contribution >= 0.6 is 0 Å². The molecule has 0 fully saturated rings. The van der Waals surface area contributed by atoms with Gasteiger partial charge in [-0.2, -0.15) is 0 Å². The summed E-state index contributed by atoms with van der Waals surface area (Å²) in [4.78, 5) is 23.7. The van der Waals surface area contributed by atoms with E-state index in [0.717, 1.165) is 25.7 Å². The lowest BCUT2D eigenvalue weighted by molar-refractivity contribution is -0.147. The molecule has 0 heterocycles. The van der Waals surface area contributed by atoms with Crippen LogP contribution in [0.5, 0.6) is 0 Å². The van der Waals surface area contributed by atoms with Gasteiger partial charge in [0.1, 0.15) is 0 Å². The fourth-order valence-corrected chi connectivity index (χ4v) is 2.69. The highest BCUT2D eigenvalue weighted by atomic mass is 16.5. The molecule has 0 aromatic heterocycles. The molecular weight excluding hydrogens is 340 g/mol. The number of unbranched alkanes of at least 4 members (excludes halogenated alkanes) is 6. The molecule has 0 bridgehead atoms. The Kier molecular flexibility index (Phi) is 16.9. The molecule has 0 N–H and O–H groups in total. The maximum Gasteiger partial charge on any atom is 0.307 e. The van der Waals surface area contributed by atoms with Crippen molar-refractivity contribution < 1.29 is 19.1 Å². The Balaban J connectivity index is 3.78. The lowest BCUT2D eigenvalue weighted by atomic mass is 10.1. The van der Waals surface area contributed by atoms with Crippen LogP contribution in [0.15, 0.2) is 0 Å². The van der Waals surface area contributed by atoms with Crippen LogP contribution in [-0.2, 0) is 19.1 Å². The number of carbonyl (C=O) groups is 2. The summed E-state index contributed by atoms with van der Waals surface area (Å²) in [6.07, 6.45) is 10.5. The van der Waals surface area contributed by atoms with Crippen molar-refractivity contribution in [2.45, 2.75) is 111 Å². The highest BCUT2D eigenvalue weighted by Gasteiger charge is 2.14. The van der Waals surface area contributed by atoms with Gasteiger partial charge in [0.25, 0.3) is 0 Å². The predicted molar refractivity (Wildman–Crippen MR) is 110 cm³/mol. The topological polar surface area (TPSA) is 52.6 Å². The van der Waals surface area contributed by atoms with E-state index in [1.165, 1.54) is 32.1 Å². The Labute approximate surface area is 166 Å². The predicted octanol–water partition coefficient (Wildman–Crippen LogP) is 5.82. The van der Waals surface area contributed by atoms with Crippen LogP contribution in [0.3, 0.4) is 0 Å². The van der Waals surface area contributed by atoms with Crippen molar-refractivity contribution in [3.8, 4) is 11.8 Å². The number of rotatable bonds is 15. The minimum absolute atomic E-state index is 0.224. The Morgan fingerprint density at radius 2 is 1.48 bits per heavy atom. The lowest BCUT2D eigenvalue weighted by Gasteiger charge is -2.14. The van der Waals surface area contributed by atoms with Crippen molar-refractivity contribution in [1.82, 2.24) is 0 Å². The van der Waals surface area contributed by atoms with E-state index in [1.54, 1.807) is 0 Å². The van der Waals surface area contributed by atoms with Crippen molar-refractivity contribution in [2.75, 3.05) is 6.61 Å². The van der Waals surface area contributed by atoms with Crippen LogP contribution in [0.4, 0.5) is 0 Å². The van der Waals surface area contributed by atoms with Gasteiger partial charge in [0.05, 0.1) is 6.61 Å². The maximum absolute atomic E-state index is 11.9. The van der Waals surface area contributed by atoms with Gasteiger partial charge in [-0.1, -0.05) is 78.1 Å². The third-order valence-corrected chi connectivity index (χ3v) is 4.17. The second kappa shape index (κ2) is 17.9. The Morgan fingerprint density at radius 1 is 0.852 bits per heavy atom. The summed E-state index contributed by atoms with van der Waals surface area (Å²) in [7, 11) is 0. The van der Waals surface area contributed by atoms with Crippen LogP contribution < -0.4 is 0 Å². The van der Waals surface area contributed by atoms with Crippen LogP contribution in [0.1, 0.15) is 105 Å². The van der Waals surface area contributed by atoms with E-state index in [2.05, 4.69) is 32.6 Å². The average Bonchev–Trinajstić information content (AvgIpc) is 2.61. The summed E-state index contributed by atoms with van der Waals surface area (Å²) in [5.41, 5.74) is 0. The second-order valence-electron chi connectivity index (χ2n) is 7.48. The molecule has 0 aliphatic carbocycles. The molecule has 0 saturated heterocycles. The summed E-state index contributed by atoms with van der Waals surface area (Å²) in [5, 5.41) is 0.